The molecule has 0 saturated carbocycles. The monoisotopic (exact) mass is 476 g/mol. The first-order valence-electron chi connectivity index (χ1n) is 12.5. The Kier molecular flexibility index (Phi) is 9.87. The van der Waals surface area contributed by atoms with Crippen molar-refractivity contribution in [2.45, 2.75) is 70.1 Å². The van der Waals surface area contributed by atoms with Gasteiger partial charge in [-0.25, -0.2) is 0 Å². The first-order chi connectivity index (χ1) is 17.2. The molecule has 1 aliphatic heterocycles. The molecule has 35 heavy (non-hydrogen) atoms. The van der Waals surface area contributed by atoms with Gasteiger partial charge in [-0.3, -0.25) is 0 Å². The Balaban J connectivity index is 1.50. The third-order valence-corrected chi connectivity index (χ3v) is 6.29. The topological polar surface area (TPSA) is 57.2 Å². The summed E-state index contributed by atoms with van der Waals surface area (Å²) in [4.78, 5) is 0. The van der Waals surface area contributed by atoms with Gasteiger partial charge in [0, 0.05) is 0 Å². The third-order valence-electron chi connectivity index (χ3n) is 6.29. The molecule has 3 aromatic carbocycles. The molecule has 0 amide bonds. The molecule has 1 heterocycles. The van der Waals surface area contributed by atoms with Gasteiger partial charge in [-0.2, -0.15) is 0 Å². The lowest BCUT2D eigenvalue weighted by molar-refractivity contribution is -0.262. The van der Waals surface area contributed by atoms with E-state index in [2.05, 4.69) is 6.92 Å². The highest BCUT2D eigenvalue weighted by Gasteiger charge is 2.46. The summed E-state index contributed by atoms with van der Waals surface area (Å²) in [5.41, 5.74) is 3.22. The highest BCUT2D eigenvalue weighted by Crippen LogP contribution is 2.30. The molecule has 0 spiro atoms. The van der Waals surface area contributed by atoms with Gasteiger partial charge in [0.2, 0.25) is 0 Å². The second kappa shape index (κ2) is 13.5. The van der Waals surface area contributed by atoms with E-state index in [9.17, 15) is 5.11 Å². The minimum Gasteiger partial charge on any atom is -0.388 e. The van der Waals surface area contributed by atoms with E-state index in [0.29, 0.717) is 26.4 Å². The molecule has 5 heteroatoms. The molecule has 186 valence electrons. The smallest absolute Gasteiger partial charge is 0.115 e. The van der Waals surface area contributed by atoms with Gasteiger partial charge in [-0.15, -0.1) is 0 Å². The summed E-state index contributed by atoms with van der Waals surface area (Å²) in [6.45, 7) is 3.73. The predicted octanol–water partition coefficient (Wildman–Crippen LogP) is 5.30. The average Bonchev–Trinajstić information content (AvgIpc) is 2.90. The highest BCUT2D eigenvalue weighted by atomic mass is 16.6. The third kappa shape index (κ3) is 7.47. The summed E-state index contributed by atoms with van der Waals surface area (Å²) in [7, 11) is 0. The zero-order valence-electron chi connectivity index (χ0n) is 20.4. The van der Waals surface area contributed by atoms with Gasteiger partial charge in [0.25, 0.3) is 0 Å². The Bertz CT molecular complexity index is 966. The molecule has 4 rings (SSSR count). The van der Waals surface area contributed by atoms with Crippen LogP contribution < -0.4 is 0 Å². The van der Waals surface area contributed by atoms with Crippen LogP contribution in [0.25, 0.3) is 0 Å². The molecule has 1 N–H and O–H groups in total. The van der Waals surface area contributed by atoms with E-state index < -0.39 is 18.3 Å². The summed E-state index contributed by atoms with van der Waals surface area (Å²) >= 11 is 0. The lowest BCUT2D eigenvalue weighted by atomic mass is 9.92. The molecule has 0 unspecified atom stereocenters. The fourth-order valence-electron chi connectivity index (χ4n) is 4.45. The lowest BCUT2D eigenvalue weighted by Crippen LogP contribution is -2.60. The standard InChI is InChI=1S/C30H36O5/c1-2-12-26-28(31)30(34-21-25-17-10-5-11-18-25)29(33-20-24-15-8-4-9-16-24)27(35-26)22-32-19-23-13-6-3-7-14-23/h3-11,13-18,26-31H,2,12,19-22H2,1H3/t26-,27+,28+,29+,30+/m0/s1. The van der Waals surface area contributed by atoms with E-state index in [4.69, 9.17) is 18.9 Å². The summed E-state index contributed by atoms with van der Waals surface area (Å²) in [5.74, 6) is 0. The summed E-state index contributed by atoms with van der Waals surface area (Å²) < 4.78 is 25.2. The molecule has 0 bridgehead atoms. The molecule has 0 aliphatic carbocycles. The number of hydrogen-bond donors (Lipinski definition) is 1. The van der Waals surface area contributed by atoms with E-state index in [0.717, 1.165) is 29.5 Å². The van der Waals surface area contributed by atoms with Crippen LogP contribution >= 0.6 is 0 Å². The van der Waals surface area contributed by atoms with E-state index in [1.807, 2.05) is 91.0 Å². The van der Waals surface area contributed by atoms with Crippen molar-refractivity contribution in [1.82, 2.24) is 0 Å². The van der Waals surface area contributed by atoms with Crippen molar-refractivity contribution in [3.63, 3.8) is 0 Å². The predicted molar refractivity (Wildman–Crippen MR) is 136 cm³/mol. The van der Waals surface area contributed by atoms with Crippen LogP contribution in [0.1, 0.15) is 36.5 Å². The van der Waals surface area contributed by atoms with E-state index in [-0.39, 0.29) is 12.2 Å². The molecule has 0 radical (unpaired) electrons. The van der Waals surface area contributed by atoms with Gasteiger partial charge in [0.05, 0.1) is 32.5 Å². The Morgan fingerprint density at radius 1 is 0.657 bits per heavy atom. The van der Waals surface area contributed by atoms with Gasteiger partial charge in [-0.05, 0) is 23.1 Å². The first kappa shape index (κ1) is 25.5. The Morgan fingerprint density at radius 2 is 1.14 bits per heavy atom. The van der Waals surface area contributed by atoms with Crippen LogP contribution in [0.2, 0.25) is 0 Å². The quantitative estimate of drug-likeness (QED) is 0.384. The lowest BCUT2D eigenvalue weighted by Gasteiger charge is -2.44. The van der Waals surface area contributed by atoms with E-state index >= 15 is 0 Å². The summed E-state index contributed by atoms with van der Waals surface area (Å²) in [5, 5.41) is 11.3. The van der Waals surface area contributed by atoms with Crippen LogP contribution in [0.15, 0.2) is 91.0 Å². The Hall–Kier alpha value is -2.54. The van der Waals surface area contributed by atoms with Crippen molar-refractivity contribution in [2.75, 3.05) is 6.61 Å². The van der Waals surface area contributed by atoms with Crippen molar-refractivity contribution in [2.24, 2.45) is 0 Å². The van der Waals surface area contributed by atoms with Gasteiger partial charge >= 0.3 is 0 Å². The number of aliphatic hydroxyl groups is 1. The maximum absolute atomic E-state index is 11.3. The largest absolute Gasteiger partial charge is 0.388 e. The molecule has 5 atom stereocenters. The molecule has 3 aromatic rings. The Labute approximate surface area is 208 Å². The van der Waals surface area contributed by atoms with Crippen molar-refractivity contribution in [1.29, 1.82) is 0 Å². The minimum absolute atomic E-state index is 0.331. The van der Waals surface area contributed by atoms with Crippen LogP contribution in [0.4, 0.5) is 0 Å². The maximum Gasteiger partial charge on any atom is 0.115 e. The summed E-state index contributed by atoms with van der Waals surface area (Å²) in [6.07, 6.45) is -0.837. The van der Waals surface area contributed by atoms with Crippen molar-refractivity contribution >= 4 is 0 Å². The molecular weight excluding hydrogens is 440 g/mol. The molecule has 1 aliphatic rings. The number of benzene rings is 3. The van der Waals surface area contributed by atoms with Gasteiger partial charge in [-0.1, -0.05) is 104 Å². The van der Waals surface area contributed by atoms with Crippen LogP contribution in [0.5, 0.6) is 0 Å². The van der Waals surface area contributed by atoms with Crippen LogP contribution in [-0.2, 0) is 38.8 Å². The minimum atomic E-state index is -0.787. The number of hydrogen-bond acceptors (Lipinski definition) is 5. The van der Waals surface area contributed by atoms with Gasteiger partial charge < -0.3 is 24.1 Å². The van der Waals surface area contributed by atoms with Gasteiger partial charge in [0.1, 0.15) is 24.4 Å². The van der Waals surface area contributed by atoms with Crippen molar-refractivity contribution in [3.05, 3.63) is 108 Å². The fourth-order valence-corrected chi connectivity index (χ4v) is 4.45. The van der Waals surface area contributed by atoms with Crippen molar-refractivity contribution in [3.8, 4) is 0 Å². The van der Waals surface area contributed by atoms with E-state index in [1.54, 1.807) is 0 Å². The zero-order chi connectivity index (χ0) is 24.3. The number of rotatable bonds is 12. The molecule has 1 saturated heterocycles. The van der Waals surface area contributed by atoms with Gasteiger partial charge in [0.15, 0.2) is 0 Å². The molecule has 1 fully saturated rings. The average molecular weight is 477 g/mol. The second-order valence-electron chi connectivity index (χ2n) is 9.02. The van der Waals surface area contributed by atoms with Crippen molar-refractivity contribution < 1.29 is 24.1 Å². The normalized spacial score (nSPS) is 24.3. The fraction of sp³-hybridized carbons (Fsp3) is 0.400. The Morgan fingerprint density at radius 3 is 1.66 bits per heavy atom. The van der Waals surface area contributed by atoms with Crippen LogP contribution in [0, 0.1) is 0 Å². The summed E-state index contributed by atoms with van der Waals surface area (Å²) in [6, 6.07) is 30.1. The number of ether oxygens (including phenoxy) is 4. The highest BCUT2D eigenvalue weighted by molar-refractivity contribution is 5.15. The van der Waals surface area contributed by atoms with Crippen LogP contribution in [-0.4, -0.2) is 42.2 Å². The molecular formula is C30H36O5. The first-order valence-corrected chi connectivity index (χ1v) is 12.5. The van der Waals surface area contributed by atoms with Crippen LogP contribution in [0.3, 0.4) is 0 Å². The zero-order valence-corrected chi connectivity index (χ0v) is 20.4. The second-order valence-corrected chi connectivity index (χ2v) is 9.02. The molecule has 5 nitrogen and oxygen atoms in total. The van der Waals surface area contributed by atoms with E-state index in [1.165, 1.54) is 0 Å². The number of aliphatic hydroxyl groups excluding tert-OH is 1. The molecule has 0 aromatic heterocycles. The SMILES string of the molecule is CCC[C@@H]1O[C@H](COCc2ccccc2)[C@@H](OCc2ccccc2)[C@H](OCc2ccccc2)[C@@H]1O. The maximum atomic E-state index is 11.3.